The van der Waals surface area contributed by atoms with E-state index in [1.165, 1.54) is 10.9 Å². The Hall–Kier alpha value is -3.26. The number of aryl methyl sites for hydroxylation is 1. The monoisotopic (exact) mass is 452 g/mol. The van der Waals surface area contributed by atoms with Gasteiger partial charge in [0.25, 0.3) is 5.56 Å². The minimum absolute atomic E-state index is 0.0301. The van der Waals surface area contributed by atoms with E-state index in [2.05, 4.69) is 25.4 Å². The molecular formula is C23H25ClN6O2. The number of halogens is 1. The van der Waals surface area contributed by atoms with Crippen LogP contribution in [0.25, 0.3) is 11.3 Å². The first-order valence-electron chi connectivity index (χ1n) is 10.6. The highest BCUT2D eigenvalue weighted by molar-refractivity contribution is 6.30. The van der Waals surface area contributed by atoms with E-state index in [0.717, 1.165) is 43.0 Å². The Bertz CT molecular complexity index is 1120. The smallest absolute Gasteiger partial charge is 0.256 e. The lowest BCUT2D eigenvalue weighted by Gasteiger charge is -2.31. The van der Waals surface area contributed by atoms with Crippen molar-refractivity contribution in [3.8, 4) is 11.3 Å². The molecular weight excluding hydrogens is 428 g/mol. The Morgan fingerprint density at radius 3 is 2.56 bits per heavy atom. The fourth-order valence-corrected chi connectivity index (χ4v) is 3.93. The standard InChI is InChI=1S/C23H25ClN6O2/c1-16-14-25-15-30(23(16)32)13-10-26-22(31)18-8-11-29(12-9-18)21-7-6-20(27-28-21)17-2-4-19(24)5-3-17/h2-7,14-15,18H,8-13H2,1H3,(H,26,31). The number of anilines is 1. The maximum atomic E-state index is 12.5. The highest BCUT2D eigenvalue weighted by atomic mass is 35.5. The van der Waals surface area contributed by atoms with Crippen molar-refractivity contribution in [1.29, 1.82) is 0 Å². The molecule has 3 heterocycles. The molecule has 2 aromatic heterocycles. The minimum Gasteiger partial charge on any atom is -0.355 e. The second-order valence-electron chi connectivity index (χ2n) is 7.91. The summed E-state index contributed by atoms with van der Waals surface area (Å²) >= 11 is 5.94. The van der Waals surface area contributed by atoms with Gasteiger partial charge in [0, 0.05) is 54.4 Å². The van der Waals surface area contributed by atoms with Gasteiger partial charge < -0.3 is 10.2 Å². The van der Waals surface area contributed by atoms with Crippen molar-refractivity contribution in [2.75, 3.05) is 24.5 Å². The van der Waals surface area contributed by atoms with Crippen LogP contribution in [0.5, 0.6) is 0 Å². The summed E-state index contributed by atoms with van der Waals surface area (Å²) in [5.74, 6) is 0.801. The summed E-state index contributed by atoms with van der Waals surface area (Å²) in [6.07, 6.45) is 4.54. The summed E-state index contributed by atoms with van der Waals surface area (Å²) < 4.78 is 1.52. The van der Waals surface area contributed by atoms with Gasteiger partial charge in [-0.25, -0.2) is 4.98 Å². The van der Waals surface area contributed by atoms with E-state index in [-0.39, 0.29) is 17.4 Å². The topological polar surface area (TPSA) is 93.0 Å². The van der Waals surface area contributed by atoms with E-state index in [0.29, 0.717) is 23.7 Å². The first-order valence-corrected chi connectivity index (χ1v) is 11.0. The molecule has 0 bridgehead atoms. The van der Waals surface area contributed by atoms with Gasteiger partial charge >= 0.3 is 0 Å². The third-order valence-corrected chi connectivity index (χ3v) is 5.96. The van der Waals surface area contributed by atoms with Crippen LogP contribution < -0.4 is 15.8 Å². The summed E-state index contributed by atoms with van der Waals surface area (Å²) in [7, 11) is 0. The summed E-state index contributed by atoms with van der Waals surface area (Å²) in [5.41, 5.74) is 2.27. The number of amides is 1. The molecule has 32 heavy (non-hydrogen) atoms. The van der Waals surface area contributed by atoms with Gasteiger partial charge in [0.2, 0.25) is 5.91 Å². The second-order valence-corrected chi connectivity index (χ2v) is 8.35. The molecule has 0 spiro atoms. The summed E-state index contributed by atoms with van der Waals surface area (Å²) in [4.78, 5) is 30.7. The van der Waals surface area contributed by atoms with Crippen LogP contribution in [-0.2, 0) is 11.3 Å². The maximum Gasteiger partial charge on any atom is 0.256 e. The number of hydrogen-bond acceptors (Lipinski definition) is 6. The first kappa shape index (κ1) is 22.0. The Balaban J connectivity index is 1.26. The first-order chi connectivity index (χ1) is 15.5. The molecule has 1 amide bonds. The fourth-order valence-electron chi connectivity index (χ4n) is 3.80. The van der Waals surface area contributed by atoms with Gasteiger partial charge in [0.05, 0.1) is 12.0 Å². The lowest BCUT2D eigenvalue weighted by atomic mass is 9.96. The maximum absolute atomic E-state index is 12.5. The van der Waals surface area contributed by atoms with Crippen molar-refractivity contribution >= 4 is 23.3 Å². The number of nitrogens with zero attached hydrogens (tertiary/aromatic N) is 5. The molecule has 8 nitrogen and oxygen atoms in total. The molecule has 1 aliphatic heterocycles. The molecule has 0 radical (unpaired) electrons. The lowest BCUT2D eigenvalue weighted by molar-refractivity contribution is -0.125. The van der Waals surface area contributed by atoms with Crippen molar-refractivity contribution in [3.63, 3.8) is 0 Å². The van der Waals surface area contributed by atoms with Gasteiger partial charge in [-0.3, -0.25) is 14.2 Å². The van der Waals surface area contributed by atoms with E-state index in [4.69, 9.17) is 11.6 Å². The molecule has 1 saturated heterocycles. The average Bonchev–Trinajstić information content (AvgIpc) is 2.82. The Morgan fingerprint density at radius 1 is 1.12 bits per heavy atom. The fraction of sp³-hybridized carbons (Fsp3) is 0.348. The predicted octanol–water partition coefficient (Wildman–Crippen LogP) is 2.69. The van der Waals surface area contributed by atoms with Gasteiger partial charge in [-0.1, -0.05) is 23.7 Å². The molecule has 0 aliphatic carbocycles. The zero-order valence-corrected chi connectivity index (χ0v) is 18.6. The number of nitrogens with one attached hydrogen (secondary N) is 1. The average molecular weight is 453 g/mol. The lowest BCUT2D eigenvalue weighted by Crippen LogP contribution is -2.42. The van der Waals surface area contributed by atoms with Crippen LogP contribution in [0.3, 0.4) is 0 Å². The van der Waals surface area contributed by atoms with E-state index in [1.807, 2.05) is 36.4 Å². The van der Waals surface area contributed by atoms with Crippen LogP contribution in [0.1, 0.15) is 18.4 Å². The number of piperidine rings is 1. The van der Waals surface area contributed by atoms with Gasteiger partial charge in [0.15, 0.2) is 5.82 Å². The highest BCUT2D eigenvalue weighted by Crippen LogP contribution is 2.24. The molecule has 1 aromatic carbocycles. The normalized spacial score (nSPS) is 14.4. The molecule has 0 atom stereocenters. The van der Waals surface area contributed by atoms with Crippen LogP contribution >= 0.6 is 11.6 Å². The third kappa shape index (κ3) is 5.13. The zero-order valence-electron chi connectivity index (χ0n) is 17.9. The van der Waals surface area contributed by atoms with E-state index < -0.39 is 0 Å². The van der Waals surface area contributed by atoms with E-state index in [9.17, 15) is 9.59 Å². The summed E-state index contributed by atoms with van der Waals surface area (Å²) in [5, 5.41) is 12.4. The van der Waals surface area contributed by atoms with Crippen LogP contribution in [0.4, 0.5) is 5.82 Å². The van der Waals surface area contributed by atoms with Crippen molar-refractivity contribution in [2.24, 2.45) is 5.92 Å². The SMILES string of the molecule is Cc1cncn(CCNC(=O)C2CCN(c3ccc(-c4ccc(Cl)cc4)nn3)CC2)c1=O. The van der Waals surface area contributed by atoms with Crippen molar-refractivity contribution < 1.29 is 4.79 Å². The molecule has 4 rings (SSSR count). The molecule has 0 unspecified atom stereocenters. The molecule has 9 heteroatoms. The van der Waals surface area contributed by atoms with Gasteiger partial charge in [-0.15, -0.1) is 10.2 Å². The Labute approximate surface area is 191 Å². The molecule has 3 aromatic rings. The summed E-state index contributed by atoms with van der Waals surface area (Å²) in [6, 6.07) is 11.4. The molecule has 1 aliphatic rings. The van der Waals surface area contributed by atoms with E-state index >= 15 is 0 Å². The Morgan fingerprint density at radius 2 is 1.88 bits per heavy atom. The molecule has 1 fully saturated rings. The number of aromatic nitrogens is 4. The van der Waals surface area contributed by atoms with Crippen LogP contribution in [0.15, 0.2) is 53.7 Å². The van der Waals surface area contributed by atoms with Crippen molar-refractivity contribution in [1.82, 2.24) is 25.1 Å². The number of rotatable bonds is 6. The Kier molecular flexibility index (Phi) is 6.80. The number of carbonyl (C=O) groups excluding carboxylic acids is 1. The second kappa shape index (κ2) is 9.91. The largest absolute Gasteiger partial charge is 0.355 e. The van der Waals surface area contributed by atoms with Crippen LogP contribution in [-0.4, -0.2) is 45.3 Å². The third-order valence-electron chi connectivity index (χ3n) is 5.70. The molecule has 166 valence electrons. The number of hydrogen-bond donors (Lipinski definition) is 1. The molecule has 1 N–H and O–H groups in total. The minimum atomic E-state index is -0.0780. The quantitative estimate of drug-likeness (QED) is 0.618. The number of carbonyl (C=O) groups is 1. The van der Waals surface area contributed by atoms with Gasteiger partial charge in [-0.2, -0.15) is 0 Å². The molecule has 0 saturated carbocycles. The van der Waals surface area contributed by atoms with Crippen LogP contribution in [0, 0.1) is 12.8 Å². The van der Waals surface area contributed by atoms with Crippen LogP contribution in [0.2, 0.25) is 5.02 Å². The van der Waals surface area contributed by atoms with Crippen molar-refractivity contribution in [2.45, 2.75) is 26.3 Å². The summed E-state index contributed by atoms with van der Waals surface area (Å²) in [6.45, 7) is 4.03. The number of benzene rings is 1. The van der Waals surface area contributed by atoms with Gasteiger partial charge in [0.1, 0.15) is 0 Å². The zero-order chi connectivity index (χ0) is 22.5. The van der Waals surface area contributed by atoms with Gasteiger partial charge in [-0.05, 0) is 44.0 Å². The van der Waals surface area contributed by atoms with Crippen molar-refractivity contribution in [3.05, 3.63) is 69.9 Å². The highest BCUT2D eigenvalue weighted by Gasteiger charge is 2.25. The van der Waals surface area contributed by atoms with E-state index in [1.54, 1.807) is 13.1 Å². The predicted molar refractivity (Wildman–Crippen MR) is 124 cm³/mol.